The zero-order chi connectivity index (χ0) is 10.7. The fourth-order valence-corrected chi connectivity index (χ4v) is 2.24. The molecule has 0 saturated carbocycles. The molecule has 0 aromatic carbocycles. The number of aliphatic hydroxyl groups excluding tert-OH is 1. The molecule has 1 rings (SSSR count). The Morgan fingerprint density at radius 1 is 1.43 bits per heavy atom. The summed E-state index contributed by atoms with van der Waals surface area (Å²) < 4.78 is 0. The third-order valence-corrected chi connectivity index (χ3v) is 3.93. The minimum absolute atomic E-state index is 0.0737. The van der Waals surface area contributed by atoms with Crippen LogP contribution in [0.2, 0.25) is 0 Å². The third-order valence-electron chi connectivity index (χ3n) is 3.93. The van der Waals surface area contributed by atoms with Crippen molar-refractivity contribution in [2.45, 2.75) is 52.7 Å². The van der Waals surface area contributed by atoms with Gasteiger partial charge in [-0.1, -0.05) is 27.2 Å². The molecule has 0 aromatic heterocycles. The van der Waals surface area contributed by atoms with E-state index in [-0.39, 0.29) is 6.10 Å². The van der Waals surface area contributed by atoms with Gasteiger partial charge in [0.1, 0.15) is 0 Å². The van der Waals surface area contributed by atoms with Crippen molar-refractivity contribution in [2.24, 2.45) is 11.8 Å². The van der Waals surface area contributed by atoms with Crippen molar-refractivity contribution in [1.29, 1.82) is 0 Å². The van der Waals surface area contributed by atoms with E-state index in [9.17, 15) is 5.11 Å². The highest BCUT2D eigenvalue weighted by molar-refractivity contribution is 4.81. The van der Waals surface area contributed by atoms with Gasteiger partial charge in [0, 0.05) is 19.1 Å². The van der Waals surface area contributed by atoms with Gasteiger partial charge in [0.15, 0.2) is 0 Å². The maximum Gasteiger partial charge on any atom is 0.0590 e. The lowest BCUT2D eigenvalue weighted by Crippen LogP contribution is -2.47. The van der Waals surface area contributed by atoms with Crippen molar-refractivity contribution in [3.63, 3.8) is 0 Å². The maximum atomic E-state index is 9.65. The van der Waals surface area contributed by atoms with E-state index in [1.165, 1.54) is 6.42 Å². The molecule has 0 aliphatic carbocycles. The zero-order valence-electron chi connectivity index (χ0n) is 10.0. The summed E-state index contributed by atoms with van der Waals surface area (Å²) in [5, 5.41) is 9.65. The molecule has 4 atom stereocenters. The van der Waals surface area contributed by atoms with E-state index in [4.69, 9.17) is 0 Å². The van der Waals surface area contributed by atoms with E-state index in [2.05, 4.69) is 32.6 Å². The van der Waals surface area contributed by atoms with Crippen molar-refractivity contribution >= 4 is 0 Å². The molecule has 2 nitrogen and oxygen atoms in total. The number of rotatable bonds is 3. The molecule has 2 heteroatoms. The minimum Gasteiger partial charge on any atom is -0.393 e. The van der Waals surface area contributed by atoms with Crippen LogP contribution in [-0.4, -0.2) is 35.2 Å². The Bertz CT molecular complexity index is 172. The molecule has 0 amide bonds. The van der Waals surface area contributed by atoms with Crippen molar-refractivity contribution in [1.82, 2.24) is 4.90 Å². The monoisotopic (exact) mass is 199 g/mol. The van der Waals surface area contributed by atoms with Gasteiger partial charge in [-0.15, -0.1) is 0 Å². The first kappa shape index (κ1) is 12.0. The molecule has 0 spiro atoms. The lowest BCUT2D eigenvalue weighted by molar-refractivity contribution is 0.0101. The Kier molecular flexibility index (Phi) is 4.39. The van der Waals surface area contributed by atoms with E-state index >= 15 is 0 Å². The highest BCUT2D eigenvalue weighted by Crippen LogP contribution is 2.22. The van der Waals surface area contributed by atoms with E-state index < -0.39 is 0 Å². The van der Waals surface area contributed by atoms with Gasteiger partial charge in [-0.3, -0.25) is 4.90 Å². The lowest BCUT2D eigenvalue weighted by Gasteiger charge is -2.40. The number of hydrogen-bond acceptors (Lipinski definition) is 2. The predicted octanol–water partition coefficient (Wildman–Crippen LogP) is 2.12. The molecule has 0 bridgehead atoms. The number of piperidine rings is 1. The summed E-state index contributed by atoms with van der Waals surface area (Å²) in [5.41, 5.74) is 0. The average Bonchev–Trinajstić information content (AvgIpc) is 2.20. The zero-order valence-corrected chi connectivity index (χ0v) is 10.0. The largest absolute Gasteiger partial charge is 0.393 e. The molecule has 1 saturated heterocycles. The smallest absolute Gasteiger partial charge is 0.0590 e. The molecule has 4 unspecified atom stereocenters. The first-order chi connectivity index (χ1) is 6.56. The highest BCUT2D eigenvalue weighted by Gasteiger charge is 2.28. The Balaban J connectivity index is 2.45. The first-order valence-corrected chi connectivity index (χ1v) is 5.98. The van der Waals surface area contributed by atoms with Crippen LogP contribution in [0.4, 0.5) is 0 Å². The van der Waals surface area contributed by atoms with Crippen LogP contribution in [-0.2, 0) is 0 Å². The van der Waals surface area contributed by atoms with Gasteiger partial charge in [0.25, 0.3) is 0 Å². The molecule has 84 valence electrons. The number of aliphatic hydroxyl groups is 1. The average molecular weight is 199 g/mol. The molecule has 1 fully saturated rings. The van der Waals surface area contributed by atoms with Crippen LogP contribution < -0.4 is 0 Å². The number of nitrogens with zero attached hydrogens (tertiary/aromatic N) is 1. The third kappa shape index (κ3) is 2.71. The molecule has 14 heavy (non-hydrogen) atoms. The number of hydrogen-bond donors (Lipinski definition) is 1. The molecule has 1 heterocycles. The van der Waals surface area contributed by atoms with Gasteiger partial charge in [-0.05, 0) is 25.2 Å². The fraction of sp³-hybridized carbons (Fsp3) is 1.00. The molecular formula is C12H25NO. The summed E-state index contributed by atoms with van der Waals surface area (Å²) in [6.45, 7) is 11.2. The van der Waals surface area contributed by atoms with Crippen LogP contribution >= 0.6 is 0 Å². The molecule has 1 N–H and O–H groups in total. The minimum atomic E-state index is -0.0737. The fourth-order valence-electron chi connectivity index (χ4n) is 2.24. The normalized spacial score (nSPS) is 34.1. The molecule has 0 radical (unpaired) electrons. The maximum absolute atomic E-state index is 9.65. The van der Waals surface area contributed by atoms with Crippen LogP contribution in [0.3, 0.4) is 0 Å². The van der Waals surface area contributed by atoms with Crippen molar-refractivity contribution in [2.75, 3.05) is 13.1 Å². The molecule has 1 aliphatic rings. The van der Waals surface area contributed by atoms with Crippen LogP contribution in [0, 0.1) is 11.8 Å². The van der Waals surface area contributed by atoms with E-state index in [1.807, 2.05) is 0 Å². The van der Waals surface area contributed by atoms with Gasteiger partial charge in [0.2, 0.25) is 0 Å². The van der Waals surface area contributed by atoms with Crippen molar-refractivity contribution < 1.29 is 5.11 Å². The Hall–Kier alpha value is -0.0800. The second-order valence-electron chi connectivity index (χ2n) is 4.95. The van der Waals surface area contributed by atoms with Crippen LogP contribution in [0.15, 0.2) is 0 Å². The van der Waals surface area contributed by atoms with Gasteiger partial charge in [0.05, 0.1) is 6.10 Å². The summed E-state index contributed by atoms with van der Waals surface area (Å²) in [7, 11) is 0. The molecule has 1 aliphatic heterocycles. The van der Waals surface area contributed by atoms with E-state index in [1.54, 1.807) is 0 Å². The second-order valence-corrected chi connectivity index (χ2v) is 4.95. The molecule has 0 aromatic rings. The van der Waals surface area contributed by atoms with Crippen LogP contribution in [0.1, 0.15) is 40.5 Å². The SMILES string of the molecule is CCC(C)C(C)N1CCC(O)C(C)C1. The van der Waals surface area contributed by atoms with E-state index in [0.29, 0.717) is 12.0 Å². The summed E-state index contributed by atoms with van der Waals surface area (Å²) in [6.07, 6.45) is 2.12. The second kappa shape index (κ2) is 5.13. The first-order valence-electron chi connectivity index (χ1n) is 5.98. The van der Waals surface area contributed by atoms with Gasteiger partial charge < -0.3 is 5.11 Å². The standard InChI is InChI=1S/C12H25NO/c1-5-9(2)11(4)13-7-6-12(14)10(3)8-13/h9-12,14H,5-8H2,1-4H3. The highest BCUT2D eigenvalue weighted by atomic mass is 16.3. The molecular weight excluding hydrogens is 174 g/mol. The topological polar surface area (TPSA) is 23.5 Å². The summed E-state index contributed by atoms with van der Waals surface area (Å²) in [6, 6.07) is 0.662. The van der Waals surface area contributed by atoms with Crippen LogP contribution in [0.5, 0.6) is 0 Å². The Morgan fingerprint density at radius 3 is 2.57 bits per heavy atom. The van der Waals surface area contributed by atoms with Gasteiger partial charge in [-0.25, -0.2) is 0 Å². The quantitative estimate of drug-likeness (QED) is 0.752. The number of likely N-dealkylation sites (tertiary alicyclic amines) is 1. The lowest BCUT2D eigenvalue weighted by atomic mass is 9.92. The summed E-state index contributed by atoms with van der Waals surface area (Å²) in [4.78, 5) is 2.53. The van der Waals surface area contributed by atoms with Crippen molar-refractivity contribution in [3.8, 4) is 0 Å². The predicted molar refractivity (Wildman–Crippen MR) is 60.3 cm³/mol. The van der Waals surface area contributed by atoms with Gasteiger partial charge >= 0.3 is 0 Å². The van der Waals surface area contributed by atoms with E-state index in [0.717, 1.165) is 25.4 Å². The van der Waals surface area contributed by atoms with Crippen LogP contribution in [0.25, 0.3) is 0 Å². The summed E-state index contributed by atoms with van der Waals surface area (Å²) in [5.74, 6) is 1.20. The van der Waals surface area contributed by atoms with Crippen molar-refractivity contribution in [3.05, 3.63) is 0 Å². The Morgan fingerprint density at radius 2 is 2.07 bits per heavy atom. The Labute approximate surface area is 88.3 Å². The summed E-state index contributed by atoms with van der Waals surface area (Å²) >= 11 is 0. The van der Waals surface area contributed by atoms with Gasteiger partial charge in [-0.2, -0.15) is 0 Å².